The van der Waals surface area contributed by atoms with Gasteiger partial charge in [-0.15, -0.1) is 0 Å². The number of amides is 1. The second-order valence-corrected chi connectivity index (χ2v) is 2.97. The SMILES string of the molecule is CCNCCC(=O)NCC(O)CC. The van der Waals surface area contributed by atoms with Crippen molar-refractivity contribution in [2.24, 2.45) is 0 Å². The standard InChI is InChI=1S/C9H20N2O2/c1-3-8(12)7-11-9(13)5-6-10-4-2/h8,10,12H,3-7H2,1-2H3,(H,11,13). The molecule has 0 aromatic heterocycles. The van der Waals surface area contributed by atoms with Gasteiger partial charge in [-0.05, 0) is 13.0 Å². The summed E-state index contributed by atoms with van der Waals surface area (Å²) < 4.78 is 0. The van der Waals surface area contributed by atoms with Crippen LogP contribution in [0.3, 0.4) is 0 Å². The fourth-order valence-electron chi connectivity index (χ4n) is 0.843. The first-order valence-electron chi connectivity index (χ1n) is 4.86. The Morgan fingerprint density at radius 2 is 2.15 bits per heavy atom. The molecule has 13 heavy (non-hydrogen) atoms. The van der Waals surface area contributed by atoms with Crippen LogP contribution in [0.4, 0.5) is 0 Å². The average Bonchev–Trinajstić information content (AvgIpc) is 2.14. The van der Waals surface area contributed by atoms with Crippen LogP contribution in [0.5, 0.6) is 0 Å². The first kappa shape index (κ1) is 12.4. The van der Waals surface area contributed by atoms with Crippen molar-refractivity contribution in [3.8, 4) is 0 Å². The molecule has 4 heteroatoms. The topological polar surface area (TPSA) is 61.4 Å². The van der Waals surface area contributed by atoms with E-state index in [2.05, 4.69) is 10.6 Å². The van der Waals surface area contributed by atoms with Crippen molar-refractivity contribution < 1.29 is 9.90 Å². The van der Waals surface area contributed by atoms with Crippen molar-refractivity contribution in [1.82, 2.24) is 10.6 Å². The maximum atomic E-state index is 11.1. The molecule has 3 N–H and O–H groups in total. The number of rotatable bonds is 7. The third kappa shape index (κ3) is 7.74. The van der Waals surface area contributed by atoms with Crippen molar-refractivity contribution >= 4 is 5.91 Å². The molecule has 0 rings (SSSR count). The van der Waals surface area contributed by atoms with E-state index >= 15 is 0 Å². The van der Waals surface area contributed by atoms with Crippen LogP contribution in [-0.4, -0.2) is 36.8 Å². The molecule has 0 saturated heterocycles. The number of carbonyl (C=O) groups excluding carboxylic acids is 1. The minimum Gasteiger partial charge on any atom is -0.391 e. The first-order chi connectivity index (χ1) is 6.20. The smallest absolute Gasteiger partial charge is 0.221 e. The van der Waals surface area contributed by atoms with Gasteiger partial charge in [0.1, 0.15) is 0 Å². The maximum Gasteiger partial charge on any atom is 0.221 e. The van der Waals surface area contributed by atoms with Crippen LogP contribution in [0.2, 0.25) is 0 Å². The number of hydrogen-bond acceptors (Lipinski definition) is 3. The van der Waals surface area contributed by atoms with E-state index in [0.29, 0.717) is 25.9 Å². The molecule has 1 amide bonds. The van der Waals surface area contributed by atoms with Gasteiger partial charge in [-0.3, -0.25) is 4.79 Å². The molecule has 4 nitrogen and oxygen atoms in total. The predicted molar refractivity (Wildman–Crippen MR) is 52.5 cm³/mol. The van der Waals surface area contributed by atoms with Gasteiger partial charge in [-0.1, -0.05) is 13.8 Å². The summed E-state index contributed by atoms with van der Waals surface area (Å²) in [5, 5.41) is 14.9. The van der Waals surface area contributed by atoms with Crippen LogP contribution in [0.15, 0.2) is 0 Å². The van der Waals surface area contributed by atoms with Crippen molar-refractivity contribution in [3.05, 3.63) is 0 Å². The number of nitrogens with one attached hydrogen (secondary N) is 2. The minimum atomic E-state index is -0.414. The fourth-order valence-corrected chi connectivity index (χ4v) is 0.843. The molecule has 0 aliphatic heterocycles. The van der Waals surface area contributed by atoms with E-state index < -0.39 is 6.10 Å². The molecular weight excluding hydrogens is 168 g/mol. The molecule has 0 saturated carbocycles. The summed E-state index contributed by atoms with van der Waals surface area (Å²) in [7, 11) is 0. The van der Waals surface area contributed by atoms with Gasteiger partial charge in [0, 0.05) is 19.5 Å². The lowest BCUT2D eigenvalue weighted by Crippen LogP contribution is -2.33. The Morgan fingerprint density at radius 3 is 2.69 bits per heavy atom. The van der Waals surface area contributed by atoms with Crippen LogP contribution in [0.1, 0.15) is 26.7 Å². The second-order valence-electron chi connectivity index (χ2n) is 2.97. The zero-order valence-corrected chi connectivity index (χ0v) is 8.47. The lowest BCUT2D eigenvalue weighted by molar-refractivity contribution is -0.121. The van der Waals surface area contributed by atoms with E-state index in [4.69, 9.17) is 5.11 Å². The number of hydrogen-bond donors (Lipinski definition) is 3. The zero-order chi connectivity index (χ0) is 10.1. The molecule has 0 heterocycles. The molecule has 0 bridgehead atoms. The molecule has 0 radical (unpaired) electrons. The lowest BCUT2D eigenvalue weighted by atomic mass is 10.3. The third-order valence-corrected chi connectivity index (χ3v) is 1.78. The quantitative estimate of drug-likeness (QED) is 0.488. The molecule has 0 aromatic rings. The predicted octanol–water partition coefficient (Wildman–Crippen LogP) is -0.127. The van der Waals surface area contributed by atoms with E-state index in [1.165, 1.54) is 0 Å². The first-order valence-corrected chi connectivity index (χ1v) is 4.86. The van der Waals surface area contributed by atoms with E-state index in [1.54, 1.807) is 0 Å². The second kappa shape index (κ2) is 8.01. The molecule has 0 spiro atoms. The van der Waals surface area contributed by atoms with Gasteiger partial charge in [0.2, 0.25) is 5.91 Å². The van der Waals surface area contributed by atoms with E-state index in [1.807, 2.05) is 13.8 Å². The van der Waals surface area contributed by atoms with Crippen molar-refractivity contribution in [2.45, 2.75) is 32.8 Å². The normalized spacial score (nSPS) is 12.5. The van der Waals surface area contributed by atoms with Gasteiger partial charge in [0.25, 0.3) is 0 Å². The largest absolute Gasteiger partial charge is 0.391 e. The van der Waals surface area contributed by atoms with Crippen LogP contribution < -0.4 is 10.6 Å². The molecule has 0 aromatic carbocycles. The Bertz CT molecular complexity index is 140. The number of aliphatic hydroxyl groups is 1. The molecule has 78 valence electrons. The van der Waals surface area contributed by atoms with Crippen molar-refractivity contribution in [3.63, 3.8) is 0 Å². The Balaban J connectivity index is 3.30. The highest BCUT2D eigenvalue weighted by Gasteiger charge is 2.03. The van der Waals surface area contributed by atoms with E-state index in [-0.39, 0.29) is 5.91 Å². The molecule has 0 aliphatic carbocycles. The van der Waals surface area contributed by atoms with Crippen LogP contribution in [0.25, 0.3) is 0 Å². The molecule has 0 aliphatic rings. The highest BCUT2D eigenvalue weighted by molar-refractivity contribution is 5.76. The summed E-state index contributed by atoms with van der Waals surface area (Å²) >= 11 is 0. The Kier molecular flexibility index (Phi) is 7.63. The molecule has 0 fully saturated rings. The van der Waals surface area contributed by atoms with Crippen LogP contribution >= 0.6 is 0 Å². The summed E-state index contributed by atoms with van der Waals surface area (Å²) in [5.41, 5.74) is 0. The summed E-state index contributed by atoms with van der Waals surface area (Å²) in [6.45, 7) is 5.82. The highest BCUT2D eigenvalue weighted by Crippen LogP contribution is 1.86. The Labute approximate surface area is 79.7 Å². The number of aliphatic hydroxyl groups excluding tert-OH is 1. The minimum absolute atomic E-state index is 0.00606. The average molecular weight is 188 g/mol. The highest BCUT2D eigenvalue weighted by atomic mass is 16.3. The van der Waals surface area contributed by atoms with Gasteiger partial charge in [0.05, 0.1) is 6.10 Å². The van der Waals surface area contributed by atoms with Crippen molar-refractivity contribution in [2.75, 3.05) is 19.6 Å². The zero-order valence-electron chi connectivity index (χ0n) is 8.47. The van der Waals surface area contributed by atoms with E-state index in [0.717, 1.165) is 6.54 Å². The Morgan fingerprint density at radius 1 is 1.46 bits per heavy atom. The molecule has 1 atom stereocenters. The maximum absolute atomic E-state index is 11.1. The van der Waals surface area contributed by atoms with Gasteiger partial charge in [-0.25, -0.2) is 0 Å². The summed E-state index contributed by atoms with van der Waals surface area (Å²) in [5.74, 6) is -0.00606. The monoisotopic (exact) mass is 188 g/mol. The number of carbonyl (C=O) groups is 1. The summed E-state index contributed by atoms with van der Waals surface area (Å²) in [4.78, 5) is 11.1. The van der Waals surface area contributed by atoms with Gasteiger partial charge < -0.3 is 15.7 Å². The van der Waals surface area contributed by atoms with Crippen molar-refractivity contribution in [1.29, 1.82) is 0 Å². The third-order valence-electron chi connectivity index (χ3n) is 1.78. The fraction of sp³-hybridized carbons (Fsp3) is 0.889. The molecule has 1 unspecified atom stereocenters. The lowest BCUT2D eigenvalue weighted by Gasteiger charge is -2.09. The molecular formula is C9H20N2O2. The van der Waals surface area contributed by atoms with Crippen LogP contribution in [-0.2, 0) is 4.79 Å². The van der Waals surface area contributed by atoms with Gasteiger partial charge in [0.15, 0.2) is 0 Å². The summed E-state index contributed by atoms with van der Waals surface area (Å²) in [6, 6.07) is 0. The Hall–Kier alpha value is -0.610. The van der Waals surface area contributed by atoms with Gasteiger partial charge in [-0.2, -0.15) is 0 Å². The van der Waals surface area contributed by atoms with Crippen LogP contribution in [0, 0.1) is 0 Å². The summed E-state index contributed by atoms with van der Waals surface area (Å²) in [6.07, 6.45) is 0.737. The van der Waals surface area contributed by atoms with E-state index in [9.17, 15) is 4.79 Å². The van der Waals surface area contributed by atoms with Gasteiger partial charge >= 0.3 is 0 Å².